The van der Waals surface area contributed by atoms with E-state index >= 15 is 0 Å². The standard InChI is InChI=1S/C84H52N6/c85-52-71-80(62-30-21-47-86-53-62)82(88-73-36-18-14-32-64(73)68-49-59(40-44-77(68)88)55-24-7-2-8-25-55)84(90-75-38-20-16-34-66(75)70-51-61(42-46-79(70)90)57-28-11-4-12-29-57)83(89-74-37-19-15-33-65(74)69-50-60(41-45-78(69)89)56-26-9-3-10-27-56)81(71)87-72-35-17-13-31-63(72)67-48-58(39-43-76(67)87)54-22-5-1-6-23-54/h1-51,53H. The Morgan fingerprint density at radius 1 is 0.233 bits per heavy atom. The lowest BCUT2D eigenvalue weighted by atomic mass is 9.93. The largest absolute Gasteiger partial charge is 0.306 e. The van der Waals surface area contributed by atoms with Crippen LogP contribution in [0.3, 0.4) is 0 Å². The molecule has 0 N–H and O–H groups in total. The minimum atomic E-state index is 0.498. The van der Waals surface area contributed by atoms with Gasteiger partial charge in [-0.05, 0) is 123 Å². The topological polar surface area (TPSA) is 56.4 Å². The van der Waals surface area contributed by atoms with Crippen molar-refractivity contribution in [3.8, 4) is 84.5 Å². The molecule has 90 heavy (non-hydrogen) atoms. The Morgan fingerprint density at radius 3 is 0.833 bits per heavy atom. The molecule has 5 heterocycles. The number of benzene rings is 13. The first kappa shape index (κ1) is 51.0. The maximum absolute atomic E-state index is 13.0. The van der Waals surface area contributed by atoms with Gasteiger partial charge in [-0.15, -0.1) is 0 Å². The van der Waals surface area contributed by atoms with E-state index in [1.54, 1.807) is 0 Å². The van der Waals surface area contributed by atoms with Crippen molar-refractivity contribution in [2.24, 2.45) is 0 Å². The number of nitrogens with zero attached hydrogens (tertiary/aromatic N) is 6. The summed E-state index contributed by atoms with van der Waals surface area (Å²) in [5.74, 6) is 0. The van der Waals surface area contributed by atoms with Crippen LogP contribution in [0.5, 0.6) is 0 Å². The summed E-state index contributed by atoms with van der Waals surface area (Å²) in [6.45, 7) is 0. The van der Waals surface area contributed by atoms with Gasteiger partial charge in [-0.1, -0.05) is 224 Å². The predicted molar refractivity (Wildman–Crippen MR) is 373 cm³/mol. The van der Waals surface area contributed by atoms with E-state index in [4.69, 9.17) is 4.98 Å². The maximum atomic E-state index is 13.0. The average molecular weight is 1150 g/mol. The number of para-hydroxylation sites is 4. The highest BCUT2D eigenvalue weighted by molar-refractivity contribution is 6.18. The number of pyridine rings is 1. The van der Waals surface area contributed by atoms with Crippen LogP contribution >= 0.6 is 0 Å². The second kappa shape index (κ2) is 20.4. The van der Waals surface area contributed by atoms with Crippen LogP contribution < -0.4 is 0 Å². The SMILES string of the molecule is N#Cc1c(-c2cccnc2)c(-n2c3ccccc3c3cc(-c4ccccc4)ccc32)c(-n2c3ccccc3c3cc(-c4ccccc4)ccc32)c(-n2c3ccccc3c3cc(-c4ccccc4)ccc32)c1-n1c2ccccc2c2cc(-c3ccccc3)ccc21. The molecule has 0 aliphatic carbocycles. The highest BCUT2D eigenvalue weighted by Gasteiger charge is 2.35. The number of hydrogen-bond acceptors (Lipinski definition) is 2. The molecule has 418 valence electrons. The van der Waals surface area contributed by atoms with Crippen molar-refractivity contribution >= 4 is 87.2 Å². The summed E-state index contributed by atoms with van der Waals surface area (Å²) in [6, 6.07) is 113. The lowest BCUT2D eigenvalue weighted by Gasteiger charge is -2.29. The zero-order valence-electron chi connectivity index (χ0n) is 48.7. The fourth-order valence-corrected chi connectivity index (χ4v) is 14.6. The third kappa shape index (κ3) is 7.73. The molecule has 6 heteroatoms. The first-order valence-electron chi connectivity index (χ1n) is 30.6. The van der Waals surface area contributed by atoms with E-state index in [9.17, 15) is 5.26 Å². The van der Waals surface area contributed by atoms with E-state index < -0.39 is 0 Å². The second-order valence-corrected chi connectivity index (χ2v) is 23.3. The van der Waals surface area contributed by atoms with E-state index in [0.717, 1.165) is 166 Å². The lowest BCUT2D eigenvalue weighted by molar-refractivity contribution is 1.02. The Labute approximate surface area is 518 Å². The molecular formula is C84H52N6. The third-order valence-corrected chi connectivity index (χ3v) is 18.5. The normalized spacial score (nSPS) is 11.8. The zero-order chi connectivity index (χ0) is 59.4. The van der Waals surface area contributed by atoms with Crippen LogP contribution in [0, 0.1) is 11.3 Å². The molecule has 5 aromatic heterocycles. The monoisotopic (exact) mass is 1140 g/mol. The summed E-state index contributed by atoms with van der Waals surface area (Å²) < 4.78 is 9.87. The molecule has 18 rings (SSSR count). The number of aromatic nitrogens is 5. The van der Waals surface area contributed by atoms with Gasteiger partial charge in [0.05, 0.1) is 72.4 Å². The van der Waals surface area contributed by atoms with Gasteiger partial charge >= 0.3 is 0 Å². The second-order valence-electron chi connectivity index (χ2n) is 23.3. The van der Waals surface area contributed by atoms with E-state index in [2.05, 4.69) is 322 Å². The van der Waals surface area contributed by atoms with Crippen molar-refractivity contribution in [3.63, 3.8) is 0 Å². The summed E-state index contributed by atoms with van der Waals surface area (Å²) in [5.41, 5.74) is 22.3. The van der Waals surface area contributed by atoms with Gasteiger partial charge in [0, 0.05) is 66.6 Å². The number of nitriles is 1. The van der Waals surface area contributed by atoms with E-state index in [0.29, 0.717) is 5.56 Å². The van der Waals surface area contributed by atoms with Gasteiger partial charge in [0.1, 0.15) is 6.07 Å². The Hall–Kier alpha value is -12.3. The molecule has 18 aromatic rings. The third-order valence-electron chi connectivity index (χ3n) is 18.5. The van der Waals surface area contributed by atoms with Gasteiger partial charge in [0.2, 0.25) is 0 Å². The summed E-state index contributed by atoms with van der Waals surface area (Å²) >= 11 is 0. The first-order valence-corrected chi connectivity index (χ1v) is 30.6. The molecule has 0 atom stereocenters. The van der Waals surface area contributed by atoms with Gasteiger partial charge in [-0.25, -0.2) is 0 Å². The molecule has 0 unspecified atom stereocenters. The summed E-state index contributed by atoms with van der Waals surface area (Å²) in [6.07, 6.45) is 3.77. The van der Waals surface area contributed by atoms with Crippen molar-refractivity contribution in [2.75, 3.05) is 0 Å². The van der Waals surface area contributed by atoms with Gasteiger partial charge < -0.3 is 18.3 Å². The molecule has 0 radical (unpaired) electrons. The van der Waals surface area contributed by atoms with Crippen LogP contribution in [0.2, 0.25) is 0 Å². The minimum absolute atomic E-state index is 0.498. The van der Waals surface area contributed by atoms with Crippen molar-refractivity contribution in [1.82, 2.24) is 23.3 Å². The molecule has 0 aliphatic heterocycles. The highest BCUT2D eigenvalue weighted by atomic mass is 15.1. The van der Waals surface area contributed by atoms with Crippen LogP contribution in [-0.4, -0.2) is 23.3 Å². The van der Waals surface area contributed by atoms with E-state index in [-0.39, 0.29) is 0 Å². The lowest BCUT2D eigenvalue weighted by Crippen LogP contribution is -2.16. The Balaban J connectivity index is 1.12. The van der Waals surface area contributed by atoms with Crippen LogP contribution in [0.4, 0.5) is 0 Å². The smallest absolute Gasteiger partial charge is 0.102 e. The molecule has 0 saturated carbocycles. The van der Waals surface area contributed by atoms with Crippen LogP contribution in [-0.2, 0) is 0 Å². The van der Waals surface area contributed by atoms with E-state index in [1.807, 2.05) is 18.5 Å². The molecular weight excluding hydrogens is 1090 g/mol. The molecule has 0 aliphatic rings. The molecule has 0 spiro atoms. The Morgan fingerprint density at radius 2 is 0.511 bits per heavy atom. The quantitative estimate of drug-likeness (QED) is 0.145. The summed E-state index contributed by atoms with van der Waals surface area (Å²) in [7, 11) is 0. The van der Waals surface area contributed by atoms with Gasteiger partial charge in [-0.2, -0.15) is 5.26 Å². The van der Waals surface area contributed by atoms with Gasteiger partial charge in [0.15, 0.2) is 0 Å². The van der Waals surface area contributed by atoms with Gasteiger partial charge in [0.25, 0.3) is 0 Å². The maximum Gasteiger partial charge on any atom is 0.102 e. The number of fused-ring (bicyclic) bond motifs is 12. The van der Waals surface area contributed by atoms with Crippen molar-refractivity contribution in [3.05, 3.63) is 321 Å². The van der Waals surface area contributed by atoms with Crippen LogP contribution in [0.25, 0.3) is 166 Å². The van der Waals surface area contributed by atoms with Crippen LogP contribution in [0.1, 0.15) is 5.56 Å². The molecule has 0 fully saturated rings. The van der Waals surface area contributed by atoms with E-state index in [1.165, 1.54) is 0 Å². The fourth-order valence-electron chi connectivity index (χ4n) is 14.6. The summed E-state index contributed by atoms with van der Waals surface area (Å²) in [4.78, 5) is 4.94. The molecule has 0 amide bonds. The summed E-state index contributed by atoms with van der Waals surface area (Å²) in [5, 5.41) is 21.7. The molecule has 0 bridgehead atoms. The fraction of sp³-hybridized carbons (Fsp3) is 0. The van der Waals surface area contributed by atoms with Crippen LogP contribution in [0.15, 0.2) is 316 Å². The zero-order valence-corrected chi connectivity index (χ0v) is 48.7. The number of hydrogen-bond donors (Lipinski definition) is 0. The molecule has 6 nitrogen and oxygen atoms in total. The van der Waals surface area contributed by atoms with Gasteiger partial charge in [-0.3, -0.25) is 4.98 Å². The van der Waals surface area contributed by atoms with Crippen molar-refractivity contribution in [2.45, 2.75) is 0 Å². The molecule has 13 aromatic carbocycles. The highest BCUT2D eigenvalue weighted by Crippen LogP contribution is 2.52. The average Bonchev–Trinajstić information content (AvgIpc) is 1.43. The number of rotatable bonds is 9. The Bertz CT molecular complexity index is 5950. The first-order chi connectivity index (χ1) is 44.7. The predicted octanol–water partition coefficient (Wildman–Crippen LogP) is 21.7. The Kier molecular flexibility index (Phi) is 11.6. The van der Waals surface area contributed by atoms with Crippen molar-refractivity contribution in [1.29, 1.82) is 5.26 Å². The van der Waals surface area contributed by atoms with Crippen molar-refractivity contribution < 1.29 is 0 Å². The molecule has 0 saturated heterocycles. The minimum Gasteiger partial charge on any atom is -0.306 e.